The van der Waals surface area contributed by atoms with Gasteiger partial charge in [-0.05, 0) is 59.3 Å². The minimum absolute atomic E-state index is 0.123. The van der Waals surface area contributed by atoms with Gasteiger partial charge in [-0.15, -0.1) is 23.1 Å². The van der Waals surface area contributed by atoms with Crippen LogP contribution < -0.4 is 4.74 Å². The van der Waals surface area contributed by atoms with Gasteiger partial charge in [0.15, 0.2) is 0 Å². The summed E-state index contributed by atoms with van der Waals surface area (Å²) in [6, 6.07) is 11.8. The lowest BCUT2D eigenvalue weighted by atomic mass is 10.3. The molecule has 6 heteroatoms. The molecule has 0 aliphatic carbocycles. The molecule has 0 N–H and O–H groups in total. The van der Waals surface area contributed by atoms with Crippen LogP contribution in [0.5, 0.6) is 5.75 Å². The topological polar surface area (TPSA) is 29.5 Å². The predicted molar refractivity (Wildman–Crippen MR) is 96.8 cm³/mol. The van der Waals surface area contributed by atoms with Gasteiger partial charge >= 0.3 is 0 Å². The molecule has 1 heterocycles. The van der Waals surface area contributed by atoms with Gasteiger partial charge in [0.2, 0.25) is 5.91 Å². The lowest BCUT2D eigenvalue weighted by molar-refractivity contribution is -0.129. The second kappa shape index (κ2) is 8.04. The van der Waals surface area contributed by atoms with Gasteiger partial charge in [-0.25, -0.2) is 0 Å². The number of thioether (sulfide) groups is 1. The van der Waals surface area contributed by atoms with Crippen LogP contribution in [-0.4, -0.2) is 30.2 Å². The fourth-order valence-corrected chi connectivity index (χ4v) is 4.49. The number of amides is 1. The first-order chi connectivity index (χ1) is 10.5. The molecule has 22 heavy (non-hydrogen) atoms. The summed E-state index contributed by atoms with van der Waals surface area (Å²) in [5.74, 6) is 0.953. The summed E-state index contributed by atoms with van der Waals surface area (Å²) in [6.07, 6.45) is 0. The highest BCUT2D eigenvalue weighted by atomic mass is 79.9. The van der Waals surface area contributed by atoms with Crippen molar-refractivity contribution < 1.29 is 9.53 Å². The second-order valence-corrected chi connectivity index (χ2v) is 8.80. The molecule has 0 bridgehead atoms. The van der Waals surface area contributed by atoms with E-state index in [1.54, 1.807) is 35.1 Å². The number of thiophene rings is 1. The standard InChI is InChI=1S/C16H18BrNO2S2/c1-11(21-13-6-4-12(20-3)5-7-13)16(19)18(2)10-14-8-9-15(17)22-14/h4-9,11H,10H2,1-3H3. The van der Waals surface area contributed by atoms with Crippen LogP contribution in [0.2, 0.25) is 0 Å². The Balaban J connectivity index is 1.92. The molecular weight excluding hydrogens is 382 g/mol. The molecule has 1 unspecified atom stereocenters. The molecule has 0 fully saturated rings. The van der Waals surface area contributed by atoms with Gasteiger partial charge in [-0.1, -0.05) is 0 Å². The van der Waals surface area contributed by atoms with Crippen LogP contribution in [0.4, 0.5) is 0 Å². The molecule has 2 aromatic rings. The van der Waals surface area contributed by atoms with Crippen LogP contribution in [0.3, 0.4) is 0 Å². The maximum absolute atomic E-state index is 12.5. The third kappa shape index (κ3) is 4.76. The number of ether oxygens (including phenoxy) is 1. The van der Waals surface area contributed by atoms with Crippen molar-refractivity contribution in [3.05, 3.63) is 45.1 Å². The van der Waals surface area contributed by atoms with E-state index < -0.39 is 0 Å². The van der Waals surface area contributed by atoms with E-state index in [0.29, 0.717) is 6.54 Å². The zero-order valence-corrected chi connectivity index (χ0v) is 15.9. The van der Waals surface area contributed by atoms with Crippen molar-refractivity contribution in [3.63, 3.8) is 0 Å². The molecular formula is C16H18BrNO2S2. The Kier molecular flexibility index (Phi) is 6.35. The van der Waals surface area contributed by atoms with Gasteiger partial charge in [0.05, 0.1) is 22.7 Å². The van der Waals surface area contributed by atoms with Crippen LogP contribution in [0.25, 0.3) is 0 Å². The molecule has 1 amide bonds. The number of hydrogen-bond acceptors (Lipinski definition) is 4. The first-order valence-electron chi connectivity index (χ1n) is 6.79. The summed E-state index contributed by atoms with van der Waals surface area (Å²) >= 11 is 6.66. The number of carbonyl (C=O) groups excluding carboxylic acids is 1. The molecule has 0 aliphatic rings. The molecule has 0 saturated carbocycles. The maximum atomic E-state index is 12.5. The summed E-state index contributed by atoms with van der Waals surface area (Å²) in [4.78, 5) is 16.5. The maximum Gasteiger partial charge on any atom is 0.235 e. The third-order valence-electron chi connectivity index (χ3n) is 3.12. The van der Waals surface area contributed by atoms with Crippen molar-refractivity contribution in [1.29, 1.82) is 0 Å². The average molecular weight is 400 g/mol. The molecule has 0 saturated heterocycles. The molecule has 0 spiro atoms. The monoisotopic (exact) mass is 399 g/mol. The van der Waals surface area contributed by atoms with Gasteiger partial charge in [0.25, 0.3) is 0 Å². The highest BCUT2D eigenvalue weighted by Crippen LogP contribution is 2.27. The van der Waals surface area contributed by atoms with Gasteiger partial charge < -0.3 is 9.64 Å². The van der Waals surface area contributed by atoms with Crippen LogP contribution in [-0.2, 0) is 11.3 Å². The Morgan fingerprint density at radius 1 is 1.32 bits per heavy atom. The average Bonchev–Trinajstić information content (AvgIpc) is 2.92. The van der Waals surface area contributed by atoms with Crippen molar-refractivity contribution in [2.45, 2.75) is 23.6 Å². The Labute approximate surface area is 147 Å². The van der Waals surface area contributed by atoms with E-state index in [4.69, 9.17) is 4.74 Å². The van der Waals surface area contributed by atoms with E-state index in [1.807, 2.05) is 50.4 Å². The summed E-state index contributed by atoms with van der Waals surface area (Å²) in [6.45, 7) is 2.58. The minimum Gasteiger partial charge on any atom is -0.497 e. The number of carbonyl (C=O) groups is 1. The van der Waals surface area contributed by atoms with E-state index in [2.05, 4.69) is 15.9 Å². The molecule has 118 valence electrons. The number of halogens is 1. The largest absolute Gasteiger partial charge is 0.497 e. The molecule has 0 aliphatic heterocycles. The van der Waals surface area contributed by atoms with E-state index in [0.717, 1.165) is 14.4 Å². The summed E-state index contributed by atoms with van der Waals surface area (Å²) in [7, 11) is 3.49. The van der Waals surface area contributed by atoms with Gasteiger partial charge in [-0.3, -0.25) is 4.79 Å². The molecule has 2 rings (SSSR count). The summed E-state index contributed by atoms with van der Waals surface area (Å²) in [5.41, 5.74) is 0. The number of rotatable bonds is 6. The highest BCUT2D eigenvalue weighted by Gasteiger charge is 2.19. The third-order valence-corrected chi connectivity index (χ3v) is 5.83. The van der Waals surface area contributed by atoms with Crippen LogP contribution >= 0.6 is 39.0 Å². The SMILES string of the molecule is COc1ccc(SC(C)C(=O)N(C)Cc2ccc(Br)s2)cc1. The molecule has 1 aromatic carbocycles. The van der Waals surface area contributed by atoms with E-state index in [1.165, 1.54) is 4.88 Å². The summed E-state index contributed by atoms with van der Waals surface area (Å²) < 4.78 is 6.23. The lowest BCUT2D eigenvalue weighted by Crippen LogP contribution is -2.32. The van der Waals surface area contributed by atoms with Crippen LogP contribution in [0.1, 0.15) is 11.8 Å². The minimum atomic E-state index is -0.123. The van der Waals surface area contributed by atoms with Crippen molar-refractivity contribution in [1.82, 2.24) is 4.90 Å². The zero-order chi connectivity index (χ0) is 16.1. The van der Waals surface area contributed by atoms with E-state index in [9.17, 15) is 4.79 Å². The van der Waals surface area contributed by atoms with Crippen molar-refractivity contribution in [2.24, 2.45) is 0 Å². The predicted octanol–water partition coefficient (Wildman–Crippen LogP) is 4.66. The van der Waals surface area contributed by atoms with Gasteiger partial charge in [-0.2, -0.15) is 0 Å². The second-order valence-electron chi connectivity index (χ2n) is 4.84. The van der Waals surface area contributed by atoms with Crippen molar-refractivity contribution in [2.75, 3.05) is 14.2 Å². The van der Waals surface area contributed by atoms with Crippen LogP contribution in [0.15, 0.2) is 45.1 Å². The number of benzene rings is 1. The summed E-state index contributed by atoms with van der Waals surface area (Å²) in [5, 5.41) is -0.123. The van der Waals surface area contributed by atoms with Crippen molar-refractivity contribution >= 4 is 44.9 Å². The Morgan fingerprint density at radius 2 is 2.00 bits per heavy atom. The number of methoxy groups -OCH3 is 1. The first-order valence-corrected chi connectivity index (χ1v) is 9.28. The highest BCUT2D eigenvalue weighted by molar-refractivity contribution is 9.11. The van der Waals surface area contributed by atoms with Crippen LogP contribution in [0, 0.1) is 0 Å². The fraction of sp³-hybridized carbons (Fsp3) is 0.312. The normalized spacial score (nSPS) is 12.0. The van der Waals surface area contributed by atoms with E-state index in [-0.39, 0.29) is 11.2 Å². The molecule has 1 atom stereocenters. The Hall–Kier alpha value is -0.980. The molecule has 1 aromatic heterocycles. The number of nitrogens with zero attached hydrogens (tertiary/aromatic N) is 1. The van der Waals surface area contributed by atoms with Gasteiger partial charge in [0, 0.05) is 16.8 Å². The smallest absolute Gasteiger partial charge is 0.235 e. The van der Waals surface area contributed by atoms with Crippen molar-refractivity contribution in [3.8, 4) is 5.75 Å². The number of hydrogen-bond donors (Lipinski definition) is 0. The molecule has 0 radical (unpaired) electrons. The molecule has 3 nitrogen and oxygen atoms in total. The zero-order valence-electron chi connectivity index (χ0n) is 12.7. The lowest BCUT2D eigenvalue weighted by Gasteiger charge is -2.20. The fourth-order valence-electron chi connectivity index (χ4n) is 1.97. The van der Waals surface area contributed by atoms with Gasteiger partial charge in [0.1, 0.15) is 5.75 Å². The quantitative estimate of drug-likeness (QED) is 0.661. The Bertz CT molecular complexity index is 627. The Morgan fingerprint density at radius 3 is 2.55 bits per heavy atom. The first kappa shape index (κ1) is 17.4. The van der Waals surface area contributed by atoms with E-state index >= 15 is 0 Å².